The Bertz CT molecular complexity index is 328. The highest BCUT2D eigenvalue weighted by atomic mass is 19.1. The fraction of sp³-hybridized carbons (Fsp3) is 0.417. The normalized spacial score (nSPS) is 23.9. The Morgan fingerprint density at radius 2 is 2.13 bits per heavy atom. The van der Waals surface area contributed by atoms with E-state index in [4.69, 9.17) is 0 Å². The summed E-state index contributed by atoms with van der Waals surface area (Å²) in [6.45, 7) is 1.04. The highest BCUT2D eigenvalue weighted by Gasteiger charge is 2.28. The lowest BCUT2D eigenvalue weighted by Gasteiger charge is -2.22. The summed E-state index contributed by atoms with van der Waals surface area (Å²) in [6, 6.07) is 9.23. The van der Waals surface area contributed by atoms with Crippen LogP contribution in [0.25, 0.3) is 0 Å². The zero-order valence-corrected chi connectivity index (χ0v) is 8.47. The van der Waals surface area contributed by atoms with Gasteiger partial charge in [0.05, 0.1) is 6.04 Å². The van der Waals surface area contributed by atoms with Crippen molar-refractivity contribution in [1.29, 1.82) is 0 Å². The van der Waals surface area contributed by atoms with E-state index >= 15 is 0 Å². The van der Waals surface area contributed by atoms with E-state index in [1.54, 1.807) is 0 Å². The number of nitrogens with zero attached hydrogens (tertiary/aromatic N) is 1. The molecule has 3 heteroatoms. The van der Waals surface area contributed by atoms with Crippen molar-refractivity contribution in [3.8, 4) is 0 Å². The van der Waals surface area contributed by atoms with Crippen LogP contribution in [0.1, 0.15) is 18.0 Å². The van der Waals surface area contributed by atoms with E-state index in [0.717, 1.165) is 11.8 Å². The van der Waals surface area contributed by atoms with Crippen LogP contribution in [-0.4, -0.2) is 30.4 Å². The van der Waals surface area contributed by atoms with Crippen LogP contribution in [0.2, 0.25) is 0 Å². The molecule has 0 saturated carbocycles. The SMILES string of the molecule is O=CC(c1ccccc1)N1CC[C@H](F)C1. The minimum atomic E-state index is -0.781. The Balaban J connectivity index is 2.14. The monoisotopic (exact) mass is 207 g/mol. The van der Waals surface area contributed by atoms with E-state index < -0.39 is 6.17 Å². The van der Waals surface area contributed by atoms with Crippen molar-refractivity contribution in [1.82, 2.24) is 4.90 Å². The molecule has 1 unspecified atom stereocenters. The van der Waals surface area contributed by atoms with Crippen molar-refractivity contribution >= 4 is 6.29 Å². The summed E-state index contributed by atoms with van der Waals surface area (Å²) in [5.41, 5.74) is 0.946. The molecule has 0 aliphatic carbocycles. The first kappa shape index (κ1) is 10.3. The number of rotatable bonds is 3. The largest absolute Gasteiger partial charge is 0.301 e. The number of likely N-dealkylation sites (tertiary alicyclic amines) is 1. The molecule has 2 nitrogen and oxygen atoms in total. The van der Waals surface area contributed by atoms with E-state index in [-0.39, 0.29) is 6.04 Å². The third-order valence-corrected chi connectivity index (χ3v) is 2.83. The number of aldehydes is 1. The second-order valence-corrected chi connectivity index (χ2v) is 3.87. The van der Waals surface area contributed by atoms with Gasteiger partial charge in [-0.25, -0.2) is 4.39 Å². The summed E-state index contributed by atoms with van der Waals surface area (Å²) < 4.78 is 13.0. The summed E-state index contributed by atoms with van der Waals surface area (Å²) in [6.07, 6.45) is 0.654. The number of carbonyl (C=O) groups is 1. The molecule has 2 atom stereocenters. The zero-order valence-electron chi connectivity index (χ0n) is 8.47. The van der Waals surface area contributed by atoms with Crippen LogP contribution in [0.3, 0.4) is 0 Å². The van der Waals surface area contributed by atoms with Gasteiger partial charge in [0.1, 0.15) is 12.5 Å². The highest BCUT2D eigenvalue weighted by molar-refractivity contribution is 5.61. The van der Waals surface area contributed by atoms with Crippen LogP contribution in [0, 0.1) is 0 Å². The van der Waals surface area contributed by atoms with Crippen molar-refractivity contribution in [3.63, 3.8) is 0 Å². The Morgan fingerprint density at radius 1 is 1.40 bits per heavy atom. The second kappa shape index (κ2) is 4.53. The molecule has 2 rings (SSSR count). The summed E-state index contributed by atoms with van der Waals surface area (Å²) >= 11 is 0. The van der Waals surface area contributed by atoms with Crippen LogP contribution in [0.15, 0.2) is 30.3 Å². The predicted molar refractivity (Wildman–Crippen MR) is 56.3 cm³/mol. The molecule has 1 heterocycles. The molecule has 1 aromatic carbocycles. The second-order valence-electron chi connectivity index (χ2n) is 3.87. The number of carbonyl (C=O) groups excluding carboxylic acids is 1. The van der Waals surface area contributed by atoms with E-state index in [1.807, 2.05) is 35.2 Å². The van der Waals surface area contributed by atoms with Gasteiger partial charge < -0.3 is 4.79 Å². The lowest BCUT2D eigenvalue weighted by molar-refractivity contribution is -0.112. The molecule has 1 aliphatic rings. The Hall–Kier alpha value is -1.22. The third kappa shape index (κ3) is 2.23. The van der Waals surface area contributed by atoms with Gasteiger partial charge in [-0.2, -0.15) is 0 Å². The lowest BCUT2D eigenvalue weighted by Crippen LogP contribution is -2.27. The minimum absolute atomic E-state index is 0.285. The predicted octanol–water partition coefficient (Wildman–Crippen LogP) is 1.97. The maximum absolute atomic E-state index is 13.0. The average Bonchev–Trinajstić information content (AvgIpc) is 2.68. The van der Waals surface area contributed by atoms with E-state index in [9.17, 15) is 9.18 Å². The van der Waals surface area contributed by atoms with Crippen molar-refractivity contribution < 1.29 is 9.18 Å². The Morgan fingerprint density at radius 3 is 2.67 bits per heavy atom. The van der Waals surface area contributed by atoms with Gasteiger partial charge in [0.2, 0.25) is 0 Å². The van der Waals surface area contributed by atoms with Gasteiger partial charge in [-0.3, -0.25) is 4.90 Å². The quantitative estimate of drug-likeness (QED) is 0.706. The minimum Gasteiger partial charge on any atom is -0.301 e. The van der Waals surface area contributed by atoms with Crippen LogP contribution in [-0.2, 0) is 4.79 Å². The first-order valence-electron chi connectivity index (χ1n) is 5.19. The summed E-state index contributed by atoms with van der Waals surface area (Å²) in [5.74, 6) is 0. The van der Waals surface area contributed by atoms with Gasteiger partial charge in [-0.1, -0.05) is 30.3 Å². The molecule has 0 aromatic heterocycles. The van der Waals surface area contributed by atoms with Crippen LogP contribution >= 0.6 is 0 Å². The molecule has 1 aliphatic heterocycles. The van der Waals surface area contributed by atoms with Crippen molar-refractivity contribution in [2.45, 2.75) is 18.6 Å². The van der Waals surface area contributed by atoms with Gasteiger partial charge in [-0.05, 0) is 12.0 Å². The molecule has 0 radical (unpaired) electrons. The molecule has 15 heavy (non-hydrogen) atoms. The molecular weight excluding hydrogens is 193 g/mol. The molecular formula is C12H14FNO. The Kier molecular flexibility index (Phi) is 3.11. The fourth-order valence-corrected chi connectivity index (χ4v) is 2.02. The van der Waals surface area contributed by atoms with Crippen LogP contribution < -0.4 is 0 Å². The highest BCUT2D eigenvalue weighted by Crippen LogP contribution is 2.24. The molecule has 0 N–H and O–H groups in total. The van der Waals surface area contributed by atoms with Crippen LogP contribution in [0.4, 0.5) is 4.39 Å². The number of halogens is 1. The molecule has 0 bridgehead atoms. The fourth-order valence-electron chi connectivity index (χ4n) is 2.02. The first-order chi connectivity index (χ1) is 7.31. The molecule has 0 amide bonds. The molecule has 1 aromatic rings. The standard InChI is InChI=1S/C12H14FNO/c13-11-6-7-14(8-11)12(9-15)10-4-2-1-3-5-10/h1-5,9,11-12H,6-8H2/t11-,12?/m0/s1. The average molecular weight is 207 g/mol. The van der Waals surface area contributed by atoms with E-state index in [0.29, 0.717) is 19.5 Å². The maximum Gasteiger partial charge on any atom is 0.141 e. The first-order valence-corrected chi connectivity index (χ1v) is 5.19. The van der Waals surface area contributed by atoms with Gasteiger partial charge in [0.15, 0.2) is 0 Å². The van der Waals surface area contributed by atoms with Gasteiger partial charge >= 0.3 is 0 Å². The van der Waals surface area contributed by atoms with Crippen molar-refractivity contribution in [3.05, 3.63) is 35.9 Å². The molecule has 1 fully saturated rings. The summed E-state index contributed by atoms with van der Waals surface area (Å²) in [4.78, 5) is 12.9. The summed E-state index contributed by atoms with van der Waals surface area (Å²) in [5, 5.41) is 0. The number of benzene rings is 1. The number of hydrogen-bond acceptors (Lipinski definition) is 2. The number of alkyl halides is 1. The number of hydrogen-bond donors (Lipinski definition) is 0. The van der Waals surface area contributed by atoms with E-state index in [1.165, 1.54) is 0 Å². The molecule has 80 valence electrons. The van der Waals surface area contributed by atoms with Gasteiger partial charge in [0, 0.05) is 13.1 Å². The Labute approximate surface area is 88.7 Å². The molecule has 0 spiro atoms. The van der Waals surface area contributed by atoms with Crippen LogP contribution in [0.5, 0.6) is 0 Å². The van der Waals surface area contributed by atoms with E-state index in [2.05, 4.69) is 0 Å². The van der Waals surface area contributed by atoms with Gasteiger partial charge in [-0.15, -0.1) is 0 Å². The topological polar surface area (TPSA) is 20.3 Å². The maximum atomic E-state index is 13.0. The zero-order chi connectivity index (χ0) is 10.7. The molecule has 1 saturated heterocycles. The lowest BCUT2D eigenvalue weighted by atomic mass is 10.1. The van der Waals surface area contributed by atoms with Crippen molar-refractivity contribution in [2.75, 3.05) is 13.1 Å². The van der Waals surface area contributed by atoms with Crippen molar-refractivity contribution in [2.24, 2.45) is 0 Å². The van der Waals surface area contributed by atoms with Gasteiger partial charge in [0.25, 0.3) is 0 Å². The summed E-state index contributed by atoms with van der Waals surface area (Å²) in [7, 11) is 0. The smallest absolute Gasteiger partial charge is 0.141 e. The third-order valence-electron chi connectivity index (χ3n) is 2.83.